The van der Waals surface area contributed by atoms with E-state index in [-0.39, 0.29) is 0 Å². The summed E-state index contributed by atoms with van der Waals surface area (Å²) < 4.78 is 0. The van der Waals surface area contributed by atoms with Crippen LogP contribution in [0.5, 0.6) is 0 Å². The normalized spacial score (nSPS) is 7.50. The van der Waals surface area contributed by atoms with Crippen LogP contribution in [0, 0.1) is 0 Å². The number of hydrogen-bond donors (Lipinski definition) is 2. The average Bonchev–Trinajstić information content (AvgIpc) is 1.37. The van der Waals surface area contributed by atoms with Gasteiger partial charge in [0.15, 0.2) is 0 Å². The van der Waals surface area contributed by atoms with E-state index in [1.807, 2.05) is 0 Å². The van der Waals surface area contributed by atoms with Crippen LogP contribution in [0.3, 0.4) is 0 Å². The maximum Gasteiger partial charge on any atom is 0.137 e. The Morgan fingerprint density at radius 3 is 1.25 bits per heavy atom. The van der Waals surface area contributed by atoms with Crippen molar-refractivity contribution >= 4 is 18.4 Å². The third-order valence-electron chi connectivity index (χ3n) is 0.0833. The molecule has 0 heterocycles. The van der Waals surface area contributed by atoms with Gasteiger partial charge >= 0.3 is 0 Å². The van der Waals surface area contributed by atoms with Crippen molar-refractivity contribution in [2.24, 2.45) is 10.8 Å². The van der Waals surface area contributed by atoms with Crippen LogP contribution in [-0.4, -0.2) is 18.4 Å². The lowest BCUT2D eigenvalue weighted by Gasteiger charge is -1.64. The Hall–Kier alpha value is 0.354. The zero-order valence-corrected chi connectivity index (χ0v) is 4.15. The Labute approximate surface area is 30.2 Å². The second-order valence-electron chi connectivity index (χ2n) is 0.289. The second-order valence-corrected chi connectivity index (χ2v) is 2.60. The van der Waals surface area contributed by atoms with E-state index < -0.39 is 0 Å². The van der Waals surface area contributed by atoms with E-state index >= 15 is 0 Å². The quantitative estimate of drug-likeness (QED) is 0.366. The fourth-order valence-corrected chi connectivity index (χ4v) is 0. The summed E-state index contributed by atoms with van der Waals surface area (Å²) >= 11 is 0. The molecule has 4 heteroatoms. The van der Waals surface area contributed by atoms with Gasteiger partial charge < -0.3 is 10.8 Å². The van der Waals surface area contributed by atoms with Gasteiger partial charge in [0.25, 0.3) is 0 Å². The Morgan fingerprint density at radius 2 is 1.25 bits per heavy atom. The Kier molecular flexibility index (Phi) is 3.65. The maximum atomic E-state index is 4.94. The van der Waals surface area contributed by atoms with Crippen molar-refractivity contribution < 1.29 is 0 Å². The highest BCUT2D eigenvalue weighted by atomic mass is 29.2. The third-order valence-corrected chi connectivity index (χ3v) is 0.750. The largest absolute Gasteiger partial charge is 0.354 e. The molecule has 0 fully saturated rings. The minimum absolute atomic E-state index is 0.446. The molecule has 2 nitrogen and oxygen atoms in total. The van der Waals surface area contributed by atoms with E-state index in [4.69, 9.17) is 10.8 Å². The summed E-state index contributed by atoms with van der Waals surface area (Å²) in [6.45, 7) is 0. The molecule has 0 spiro atoms. The maximum absolute atomic E-state index is 4.94. The molecule has 4 heavy (non-hydrogen) atoms. The van der Waals surface area contributed by atoms with E-state index in [1.54, 1.807) is 0 Å². The van der Waals surface area contributed by atoms with Gasteiger partial charge in [-0.2, -0.15) is 0 Å². The highest BCUT2D eigenvalue weighted by Gasteiger charge is 1.64. The van der Waals surface area contributed by atoms with Gasteiger partial charge in [-0.15, -0.1) is 0 Å². The van der Waals surface area contributed by atoms with Gasteiger partial charge in [-0.25, -0.2) is 0 Å². The van der Waals surface area contributed by atoms with E-state index in [2.05, 4.69) is 0 Å². The Balaban J connectivity index is 1.97. The molecule has 0 aromatic heterocycles. The molecule has 0 aliphatic carbocycles. The Bertz CT molecular complexity index is 6.00. The van der Waals surface area contributed by atoms with E-state index in [9.17, 15) is 0 Å². The lowest BCUT2D eigenvalue weighted by molar-refractivity contribution is 1.91. The summed E-state index contributed by atoms with van der Waals surface area (Å²) in [5.41, 5.74) is 0. The van der Waals surface area contributed by atoms with E-state index in [0.29, 0.717) is 18.4 Å². The molecule has 0 aliphatic rings. The second kappa shape index (κ2) is 3.35. The lowest BCUT2D eigenvalue weighted by atomic mass is 13.9. The zero-order chi connectivity index (χ0) is 3.41. The van der Waals surface area contributed by atoms with Crippen LogP contribution in [0.2, 0.25) is 0 Å². The standard InChI is InChI=1S/H4N2Si2/c1-3-4-2/h1-2H2. The van der Waals surface area contributed by atoms with Crippen molar-refractivity contribution in [1.82, 2.24) is 0 Å². The van der Waals surface area contributed by atoms with Crippen molar-refractivity contribution in [2.75, 3.05) is 0 Å². The summed E-state index contributed by atoms with van der Waals surface area (Å²) in [6.07, 6.45) is 0. The minimum atomic E-state index is 0.446. The summed E-state index contributed by atoms with van der Waals surface area (Å²) in [5.74, 6) is 0. The summed E-state index contributed by atoms with van der Waals surface area (Å²) in [5, 5.41) is 9.89. The van der Waals surface area contributed by atoms with Gasteiger partial charge in [-0.05, 0) is 0 Å². The number of hydrogen-bond acceptors (Lipinski definition) is 2. The van der Waals surface area contributed by atoms with Crippen molar-refractivity contribution in [3.8, 4) is 0 Å². The molecular formula is H4N2Si2. The number of rotatable bonds is 1. The highest BCUT2D eigenvalue weighted by molar-refractivity contribution is 6.97. The van der Waals surface area contributed by atoms with Crippen molar-refractivity contribution in [3.63, 3.8) is 0 Å². The molecular weight excluding hydrogens is 84.2 g/mol. The molecule has 0 atom stereocenters. The zero-order valence-electron chi connectivity index (χ0n) is 2.15. The molecule has 0 amide bonds. The fraction of sp³-hybridized carbons (Fsp3) is 0. The molecule has 0 aliphatic heterocycles. The molecule has 0 bridgehead atoms. The first-order valence-electron chi connectivity index (χ1n) is 0.827. The van der Waals surface area contributed by atoms with Gasteiger partial charge in [0.2, 0.25) is 0 Å². The van der Waals surface area contributed by atoms with Crippen LogP contribution in [0.15, 0.2) is 0 Å². The summed E-state index contributed by atoms with van der Waals surface area (Å²) in [6, 6.07) is 0. The van der Waals surface area contributed by atoms with Crippen LogP contribution >= 0.6 is 0 Å². The molecule has 4 N–H and O–H groups in total. The first-order valence-corrected chi connectivity index (χ1v) is 3.98. The van der Waals surface area contributed by atoms with E-state index in [1.165, 1.54) is 0 Å². The first-order chi connectivity index (χ1) is 1.91. The van der Waals surface area contributed by atoms with Crippen LogP contribution in [0.1, 0.15) is 0 Å². The van der Waals surface area contributed by atoms with Crippen molar-refractivity contribution in [2.45, 2.75) is 0 Å². The monoisotopic (exact) mass is 88.0 g/mol. The van der Waals surface area contributed by atoms with Crippen LogP contribution < -0.4 is 10.8 Å². The SMILES string of the molecule is N[Si][Si]N. The van der Waals surface area contributed by atoms with Crippen LogP contribution in [0.4, 0.5) is 0 Å². The number of nitrogens with two attached hydrogens (primary N) is 2. The summed E-state index contributed by atoms with van der Waals surface area (Å²) in [7, 11) is 0.892. The van der Waals surface area contributed by atoms with Crippen molar-refractivity contribution in [1.29, 1.82) is 0 Å². The molecule has 0 saturated heterocycles. The van der Waals surface area contributed by atoms with Gasteiger partial charge in [0.05, 0.1) is 0 Å². The van der Waals surface area contributed by atoms with Crippen molar-refractivity contribution in [3.05, 3.63) is 0 Å². The molecule has 0 saturated carbocycles. The van der Waals surface area contributed by atoms with Crippen LogP contribution in [0.25, 0.3) is 0 Å². The molecule has 22 valence electrons. The third kappa shape index (κ3) is 2.35. The van der Waals surface area contributed by atoms with E-state index in [0.717, 1.165) is 0 Å². The molecule has 4 radical (unpaired) electrons. The highest BCUT2D eigenvalue weighted by Crippen LogP contribution is 1.09. The average molecular weight is 88.2 g/mol. The molecule has 0 rings (SSSR count). The van der Waals surface area contributed by atoms with Gasteiger partial charge in [-0.1, -0.05) is 0 Å². The predicted molar refractivity (Wildman–Crippen MR) is 19.9 cm³/mol. The Morgan fingerprint density at radius 1 is 1.00 bits per heavy atom. The topological polar surface area (TPSA) is 52.0 Å². The summed E-state index contributed by atoms with van der Waals surface area (Å²) in [4.78, 5) is 0. The van der Waals surface area contributed by atoms with Gasteiger partial charge in [0, 0.05) is 0 Å². The predicted octanol–water partition coefficient (Wildman–Crippen LogP) is -1.94. The van der Waals surface area contributed by atoms with Crippen LogP contribution in [-0.2, 0) is 0 Å². The molecule has 0 aromatic rings. The lowest BCUT2D eigenvalue weighted by Crippen LogP contribution is -2.22. The smallest absolute Gasteiger partial charge is 0.137 e. The minimum Gasteiger partial charge on any atom is -0.354 e. The van der Waals surface area contributed by atoms with Gasteiger partial charge in [0.1, 0.15) is 18.4 Å². The molecule has 0 unspecified atom stereocenters. The fourth-order valence-electron chi connectivity index (χ4n) is 0. The van der Waals surface area contributed by atoms with Gasteiger partial charge in [-0.3, -0.25) is 0 Å². The molecule has 0 aromatic carbocycles. The first kappa shape index (κ1) is 4.35.